The second-order valence-corrected chi connectivity index (χ2v) is 11.5. The molecule has 2 aliphatic heterocycles. The number of aryl methyl sites for hydroxylation is 1. The molecule has 0 spiro atoms. The minimum atomic E-state index is -1.04. The first-order valence-electron chi connectivity index (χ1n) is 15.0. The second-order valence-electron chi connectivity index (χ2n) is 11.5. The van der Waals surface area contributed by atoms with Gasteiger partial charge < -0.3 is 15.1 Å². The zero-order valence-electron chi connectivity index (χ0n) is 24.6. The number of benzene rings is 4. The standard InChI is InChI=1S/C37H34N4O3/c1-25-12-14-26(15-13-25)20-21-39-35(42)34(28-16-18-31(38-2)19-17-28)41-33(22-27-8-4-3-5-9-27)36(43)40-24-30-11-7-6-10-29(30)23-32(40)37(41)44/h3-19,32-34H,20-24H2,1H3,(H,39,42)/t32-,33-,34?/m0/s1. The fourth-order valence-corrected chi connectivity index (χ4v) is 6.29. The van der Waals surface area contributed by atoms with E-state index >= 15 is 0 Å². The molecule has 7 heteroatoms. The Morgan fingerprint density at radius 2 is 1.55 bits per heavy atom. The van der Waals surface area contributed by atoms with E-state index in [0.717, 1.165) is 27.8 Å². The third-order valence-electron chi connectivity index (χ3n) is 8.66. The van der Waals surface area contributed by atoms with Crippen LogP contribution in [0.15, 0.2) is 103 Å². The summed E-state index contributed by atoms with van der Waals surface area (Å²) >= 11 is 0. The van der Waals surface area contributed by atoms with E-state index in [-0.39, 0.29) is 24.1 Å². The van der Waals surface area contributed by atoms with Crippen molar-refractivity contribution in [1.82, 2.24) is 15.1 Å². The van der Waals surface area contributed by atoms with Gasteiger partial charge in [0.1, 0.15) is 18.1 Å². The average Bonchev–Trinajstić information content (AvgIpc) is 3.06. The molecule has 0 bridgehead atoms. The van der Waals surface area contributed by atoms with Crippen molar-refractivity contribution in [3.8, 4) is 0 Å². The van der Waals surface area contributed by atoms with Crippen LogP contribution in [0.1, 0.15) is 39.4 Å². The molecule has 1 fully saturated rings. The van der Waals surface area contributed by atoms with Gasteiger partial charge in [-0.25, -0.2) is 4.85 Å². The molecular weight excluding hydrogens is 548 g/mol. The van der Waals surface area contributed by atoms with E-state index in [1.807, 2.05) is 85.8 Å². The number of hydrogen-bond donors (Lipinski definition) is 1. The molecule has 220 valence electrons. The third kappa shape index (κ3) is 5.84. The van der Waals surface area contributed by atoms with Gasteiger partial charge in [0.15, 0.2) is 5.69 Å². The van der Waals surface area contributed by atoms with Gasteiger partial charge in [0.25, 0.3) is 0 Å². The summed E-state index contributed by atoms with van der Waals surface area (Å²) in [5.41, 5.74) is 6.24. The molecule has 44 heavy (non-hydrogen) atoms. The van der Waals surface area contributed by atoms with Crippen LogP contribution in [0.5, 0.6) is 0 Å². The summed E-state index contributed by atoms with van der Waals surface area (Å²) in [4.78, 5) is 49.8. The molecule has 0 aromatic heterocycles. The van der Waals surface area contributed by atoms with E-state index in [1.54, 1.807) is 29.2 Å². The number of nitrogens with one attached hydrogen (secondary N) is 1. The van der Waals surface area contributed by atoms with Crippen LogP contribution in [0.4, 0.5) is 5.69 Å². The van der Waals surface area contributed by atoms with Crippen LogP contribution in [-0.2, 0) is 40.2 Å². The second kappa shape index (κ2) is 12.6. The number of amides is 3. The highest BCUT2D eigenvalue weighted by molar-refractivity contribution is 6.00. The minimum Gasteiger partial charge on any atom is -0.354 e. The monoisotopic (exact) mass is 582 g/mol. The molecular formula is C37H34N4O3. The van der Waals surface area contributed by atoms with Crippen LogP contribution in [0, 0.1) is 13.5 Å². The molecule has 4 aromatic rings. The van der Waals surface area contributed by atoms with Crippen LogP contribution in [0.25, 0.3) is 4.85 Å². The maximum Gasteiger partial charge on any atom is 0.247 e. The Bertz CT molecular complexity index is 1710. The Labute approximate surface area is 257 Å². The molecule has 1 unspecified atom stereocenters. The molecule has 1 N–H and O–H groups in total. The number of hydrogen-bond acceptors (Lipinski definition) is 3. The lowest BCUT2D eigenvalue weighted by atomic mass is 9.87. The largest absolute Gasteiger partial charge is 0.354 e. The molecule has 0 saturated carbocycles. The number of carbonyl (C=O) groups is 3. The molecule has 1 saturated heterocycles. The average molecular weight is 583 g/mol. The lowest BCUT2D eigenvalue weighted by Gasteiger charge is -2.49. The molecule has 0 aliphatic carbocycles. The molecule has 2 heterocycles. The SMILES string of the molecule is [C-]#[N+]c1ccc(C(C(=O)NCCc2ccc(C)cc2)N2C(=O)[C@@H]3Cc4ccccc4CN3C(=O)[C@@H]2Cc2ccccc2)cc1. The van der Waals surface area contributed by atoms with Crippen molar-refractivity contribution in [3.63, 3.8) is 0 Å². The molecule has 2 aliphatic rings. The highest BCUT2D eigenvalue weighted by Gasteiger charge is 2.51. The summed E-state index contributed by atoms with van der Waals surface area (Å²) in [6, 6.07) is 29.8. The Morgan fingerprint density at radius 3 is 2.25 bits per heavy atom. The molecule has 0 radical (unpaired) electrons. The predicted octanol–water partition coefficient (Wildman–Crippen LogP) is 5.35. The van der Waals surface area contributed by atoms with Crippen molar-refractivity contribution < 1.29 is 14.4 Å². The van der Waals surface area contributed by atoms with E-state index in [4.69, 9.17) is 6.57 Å². The van der Waals surface area contributed by atoms with Crippen molar-refractivity contribution in [2.75, 3.05) is 6.54 Å². The van der Waals surface area contributed by atoms with Gasteiger partial charge in [-0.3, -0.25) is 14.4 Å². The van der Waals surface area contributed by atoms with Crippen LogP contribution in [0.2, 0.25) is 0 Å². The zero-order chi connectivity index (χ0) is 30.6. The van der Waals surface area contributed by atoms with Crippen LogP contribution in [0.3, 0.4) is 0 Å². The maximum absolute atomic E-state index is 14.6. The smallest absolute Gasteiger partial charge is 0.247 e. The summed E-state index contributed by atoms with van der Waals surface area (Å²) in [5.74, 6) is -0.757. The molecule has 4 aromatic carbocycles. The van der Waals surface area contributed by atoms with E-state index in [1.165, 1.54) is 4.90 Å². The van der Waals surface area contributed by atoms with Gasteiger partial charge >= 0.3 is 0 Å². The summed E-state index contributed by atoms with van der Waals surface area (Å²) < 4.78 is 0. The number of nitrogens with zero attached hydrogens (tertiary/aromatic N) is 3. The fourth-order valence-electron chi connectivity index (χ4n) is 6.29. The topological polar surface area (TPSA) is 74.1 Å². The Kier molecular flexibility index (Phi) is 8.25. The Morgan fingerprint density at radius 1 is 0.864 bits per heavy atom. The van der Waals surface area contributed by atoms with Gasteiger partial charge in [0, 0.05) is 25.9 Å². The summed E-state index contributed by atoms with van der Waals surface area (Å²) in [5, 5.41) is 3.06. The van der Waals surface area contributed by atoms with Gasteiger partial charge in [0.05, 0.1) is 6.57 Å². The Balaban J connectivity index is 1.38. The van der Waals surface area contributed by atoms with E-state index in [9.17, 15) is 14.4 Å². The van der Waals surface area contributed by atoms with Crippen LogP contribution < -0.4 is 5.32 Å². The van der Waals surface area contributed by atoms with E-state index < -0.39 is 18.1 Å². The van der Waals surface area contributed by atoms with Crippen molar-refractivity contribution in [1.29, 1.82) is 0 Å². The van der Waals surface area contributed by atoms with Crippen molar-refractivity contribution in [2.45, 2.75) is 50.9 Å². The van der Waals surface area contributed by atoms with Gasteiger partial charge in [-0.05, 0) is 41.2 Å². The quantitative estimate of drug-likeness (QED) is 0.285. The number of piperazine rings is 1. The molecule has 7 nitrogen and oxygen atoms in total. The van der Waals surface area contributed by atoms with Crippen LogP contribution in [-0.4, -0.2) is 46.1 Å². The number of rotatable bonds is 8. The first-order valence-corrected chi connectivity index (χ1v) is 15.0. The summed E-state index contributed by atoms with van der Waals surface area (Å²) in [7, 11) is 0. The highest BCUT2D eigenvalue weighted by Crippen LogP contribution is 2.36. The third-order valence-corrected chi connectivity index (χ3v) is 8.66. The van der Waals surface area contributed by atoms with Gasteiger partial charge in [-0.2, -0.15) is 0 Å². The van der Waals surface area contributed by atoms with E-state index in [0.29, 0.717) is 37.2 Å². The fraction of sp³-hybridized carbons (Fsp3) is 0.243. The molecule has 3 atom stereocenters. The first kappa shape index (κ1) is 28.9. The number of carbonyl (C=O) groups excluding carboxylic acids is 3. The first-order chi connectivity index (χ1) is 21.4. The van der Waals surface area contributed by atoms with Gasteiger partial charge in [-0.1, -0.05) is 109 Å². The predicted molar refractivity (Wildman–Crippen MR) is 169 cm³/mol. The zero-order valence-corrected chi connectivity index (χ0v) is 24.6. The van der Waals surface area contributed by atoms with Crippen molar-refractivity contribution in [3.05, 3.63) is 148 Å². The molecule has 6 rings (SSSR count). The lowest BCUT2D eigenvalue weighted by molar-refractivity contribution is -0.168. The maximum atomic E-state index is 14.6. The Hall–Kier alpha value is -5.22. The summed E-state index contributed by atoms with van der Waals surface area (Å²) in [6.45, 7) is 10.2. The highest BCUT2D eigenvalue weighted by atomic mass is 16.2. The lowest BCUT2D eigenvalue weighted by Crippen LogP contribution is -2.68. The minimum absolute atomic E-state index is 0.164. The normalized spacial score (nSPS) is 18.2. The number of fused-ring (bicyclic) bond motifs is 2. The van der Waals surface area contributed by atoms with E-state index in [2.05, 4.69) is 10.2 Å². The van der Waals surface area contributed by atoms with Crippen molar-refractivity contribution in [2.24, 2.45) is 0 Å². The van der Waals surface area contributed by atoms with Gasteiger partial charge in [-0.15, -0.1) is 0 Å². The molecule has 3 amide bonds. The summed E-state index contributed by atoms with van der Waals surface area (Å²) in [6.07, 6.45) is 1.31. The van der Waals surface area contributed by atoms with Crippen molar-refractivity contribution >= 4 is 23.4 Å². The van der Waals surface area contributed by atoms with Gasteiger partial charge in [0.2, 0.25) is 17.7 Å². The van der Waals surface area contributed by atoms with Crippen LogP contribution >= 0.6 is 0 Å².